The molecule has 0 spiro atoms. The Balaban J connectivity index is 1.59. The number of fused-ring (bicyclic) bond motifs is 1. The first-order valence-electron chi connectivity index (χ1n) is 10.6. The Morgan fingerprint density at radius 1 is 1.09 bits per heavy atom. The van der Waals surface area contributed by atoms with Gasteiger partial charge in [-0.1, -0.05) is 36.4 Å². The van der Waals surface area contributed by atoms with Crippen molar-refractivity contribution in [3.8, 4) is 11.5 Å². The van der Waals surface area contributed by atoms with E-state index in [0.717, 1.165) is 22.6 Å². The number of rotatable bonds is 7. The fourth-order valence-corrected chi connectivity index (χ4v) is 3.91. The van der Waals surface area contributed by atoms with Crippen LogP contribution in [-0.4, -0.2) is 50.3 Å². The lowest BCUT2D eigenvalue weighted by molar-refractivity contribution is -0.139. The van der Waals surface area contributed by atoms with Crippen LogP contribution in [0.2, 0.25) is 0 Å². The van der Waals surface area contributed by atoms with E-state index in [2.05, 4.69) is 10.6 Å². The van der Waals surface area contributed by atoms with Crippen molar-refractivity contribution in [2.75, 3.05) is 33.4 Å². The van der Waals surface area contributed by atoms with Gasteiger partial charge < -0.3 is 24.8 Å². The number of nitrogens with zero attached hydrogens (tertiary/aromatic N) is 1. The first kappa shape index (κ1) is 21.7. The number of carbonyl (C=O) groups excluding carboxylic acids is 2. The Kier molecular flexibility index (Phi) is 6.61. The van der Waals surface area contributed by atoms with E-state index in [1.54, 1.807) is 6.92 Å². The Bertz CT molecular complexity index is 1020. The lowest BCUT2D eigenvalue weighted by Crippen LogP contribution is -2.48. The molecule has 2 N–H and O–H groups in total. The number of esters is 1. The van der Waals surface area contributed by atoms with Gasteiger partial charge in [-0.05, 0) is 37.2 Å². The number of ether oxygens (including phenoxy) is 3. The van der Waals surface area contributed by atoms with Crippen LogP contribution in [0.5, 0.6) is 11.5 Å². The number of hydrogen-bond acceptors (Lipinski definition) is 6. The number of carbonyl (C=O) groups is 2. The summed E-state index contributed by atoms with van der Waals surface area (Å²) < 4.78 is 16.6. The highest BCUT2D eigenvalue weighted by Crippen LogP contribution is 2.31. The molecule has 0 bridgehead atoms. The van der Waals surface area contributed by atoms with Gasteiger partial charge in [0.05, 0.1) is 18.2 Å². The summed E-state index contributed by atoms with van der Waals surface area (Å²) >= 11 is 0. The highest BCUT2D eigenvalue weighted by Gasteiger charge is 2.34. The van der Waals surface area contributed by atoms with E-state index in [9.17, 15) is 9.59 Å². The van der Waals surface area contributed by atoms with Crippen LogP contribution in [0.1, 0.15) is 24.1 Å². The molecular weight excluding hydrogens is 410 g/mol. The van der Waals surface area contributed by atoms with E-state index >= 15 is 0 Å². The largest absolute Gasteiger partial charge is 0.486 e. The van der Waals surface area contributed by atoms with Crippen LogP contribution in [0.4, 0.5) is 4.79 Å². The predicted octanol–water partition coefficient (Wildman–Crippen LogP) is 2.76. The first-order valence-corrected chi connectivity index (χ1v) is 10.6. The topological polar surface area (TPSA) is 89.1 Å². The molecule has 32 heavy (non-hydrogen) atoms. The molecule has 2 aliphatic heterocycles. The maximum absolute atomic E-state index is 12.9. The molecule has 0 aliphatic carbocycles. The molecular formula is C24H27N3O5. The van der Waals surface area contributed by atoms with Crippen molar-refractivity contribution >= 4 is 12.0 Å². The summed E-state index contributed by atoms with van der Waals surface area (Å²) in [5.74, 6) is 1.02. The summed E-state index contributed by atoms with van der Waals surface area (Å²) in [6.45, 7) is 4.04. The highest BCUT2D eigenvalue weighted by atomic mass is 16.6. The first-order chi connectivity index (χ1) is 15.5. The van der Waals surface area contributed by atoms with Crippen molar-refractivity contribution in [1.29, 1.82) is 0 Å². The Labute approximate surface area is 187 Å². The van der Waals surface area contributed by atoms with Gasteiger partial charge in [-0.15, -0.1) is 0 Å². The second-order valence-electron chi connectivity index (χ2n) is 7.71. The van der Waals surface area contributed by atoms with Crippen LogP contribution >= 0.6 is 0 Å². The third kappa shape index (κ3) is 4.86. The van der Waals surface area contributed by atoms with Gasteiger partial charge in [0, 0.05) is 18.8 Å². The average Bonchev–Trinajstić information content (AvgIpc) is 2.79. The minimum absolute atomic E-state index is 0.248. The zero-order valence-electron chi connectivity index (χ0n) is 18.2. The number of hydrogen-bond donors (Lipinski definition) is 2. The molecule has 0 aromatic heterocycles. The third-order valence-corrected chi connectivity index (χ3v) is 5.27. The van der Waals surface area contributed by atoms with E-state index in [-0.39, 0.29) is 12.6 Å². The van der Waals surface area contributed by atoms with Crippen LogP contribution in [0.15, 0.2) is 59.8 Å². The number of benzene rings is 2. The summed E-state index contributed by atoms with van der Waals surface area (Å²) in [6.07, 6.45) is 0. The van der Waals surface area contributed by atoms with E-state index in [1.165, 1.54) is 0 Å². The molecule has 0 saturated carbocycles. The van der Waals surface area contributed by atoms with Crippen LogP contribution in [0.3, 0.4) is 0 Å². The van der Waals surface area contributed by atoms with Crippen molar-refractivity contribution in [3.63, 3.8) is 0 Å². The number of amides is 2. The normalized spacial score (nSPS) is 17.6. The minimum Gasteiger partial charge on any atom is -0.486 e. The molecule has 4 rings (SSSR count). The van der Waals surface area contributed by atoms with E-state index < -0.39 is 12.0 Å². The van der Waals surface area contributed by atoms with Crippen LogP contribution in [0, 0.1) is 0 Å². The maximum atomic E-state index is 12.9. The van der Waals surface area contributed by atoms with Gasteiger partial charge in [0.1, 0.15) is 13.2 Å². The second-order valence-corrected chi connectivity index (χ2v) is 7.71. The monoisotopic (exact) mass is 437 g/mol. The van der Waals surface area contributed by atoms with E-state index in [4.69, 9.17) is 14.2 Å². The fraction of sp³-hybridized carbons (Fsp3) is 0.333. The molecule has 8 heteroatoms. The van der Waals surface area contributed by atoms with E-state index in [0.29, 0.717) is 37.6 Å². The van der Waals surface area contributed by atoms with Crippen LogP contribution < -0.4 is 20.1 Å². The fourth-order valence-electron chi connectivity index (χ4n) is 3.91. The number of likely N-dealkylation sites (N-methyl/N-ethyl adjacent to an activating group) is 1. The van der Waals surface area contributed by atoms with Crippen LogP contribution in [0.25, 0.3) is 0 Å². The maximum Gasteiger partial charge on any atom is 0.338 e. The Hall–Kier alpha value is -3.52. The SMILES string of the molecule is CCOC(=O)C1=C(CN(C)Cc2ccc3c(c2)OCCO3)NC(=O)NC1c1ccccc1. The minimum atomic E-state index is -0.582. The zero-order valence-corrected chi connectivity index (χ0v) is 18.2. The van der Waals surface area contributed by atoms with E-state index in [1.807, 2.05) is 60.5 Å². The quantitative estimate of drug-likeness (QED) is 0.648. The molecule has 168 valence electrons. The van der Waals surface area contributed by atoms with Crippen LogP contribution in [-0.2, 0) is 16.1 Å². The molecule has 0 fully saturated rings. The average molecular weight is 437 g/mol. The Morgan fingerprint density at radius 2 is 1.84 bits per heavy atom. The van der Waals surface area contributed by atoms with Crippen molar-refractivity contribution in [3.05, 3.63) is 70.9 Å². The number of urea groups is 1. The number of nitrogens with one attached hydrogen (secondary N) is 2. The summed E-state index contributed by atoms with van der Waals surface area (Å²) in [5, 5.41) is 5.67. The van der Waals surface area contributed by atoms with Gasteiger partial charge in [0.15, 0.2) is 11.5 Å². The molecule has 2 aromatic rings. The molecule has 0 radical (unpaired) electrons. The lowest BCUT2D eigenvalue weighted by Gasteiger charge is -2.31. The molecule has 1 atom stereocenters. The van der Waals surface area contributed by atoms with Gasteiger partial charge in [-0.25, -0.2) is 9.59 Å². The summed E-state index contributed by atoms with van der Waals surface area (Å²) in [7, 11) is 1.93. The third-order valence-electron chi connectivity index (χ3n) is 5.27. The standard InChI is InChI=1S/C24H27N3O5/c1-3-30-23(28)21-18(25-24(29)26-22(21)17-7-5-4-6-8-17)15-27(2)14-16-9-10-19-20(13-16)32-12-11-31-19/h4-10,13,22H,3,11-12,14-15H2,1-2H3,(H2,25,26,29). The molecule has 2 amide bonds. The van der Waals surface area contributed by atoms with Gasteiger partial charge in [-0.3, -0.25) is 4.90 Å². The van der Waals surface area contributed by atoms with Gasteiger partial charge in [0.25, 0.3) is 0 Å². The molecule has 0 saturated heterocycles. The van der Waals surface area contributed by atoms with Gasteiger partial charge in [-0.2, -0.15) is 0 Å². The summed E-state index contributed by atoms with van der Waals surface area (Å²) in [4.78, 5) is 27.3. The van der Waals surface area contributed by atoms with Crippen molar-refractivity contribution < 1.29 is 23.8 Å². The second kappa shape index (κ2) is 9.74. The highest BCUT2D eigenvalue weighted by molar-refractivity contribution is 5.95. The molecule has 1 unspecified atom stereocenters. The molecule has 2 aliphatic rings. The lowest BCUT2D eigenvalue weighted by atomic mass is 9.95. The van der Waals surface area contributed by atoms with Crippen molar-refractivity contribution in [1.82, 2.24) is 15.5 Å². The summed E-state index contributed by atoms with van der Waals surface area (Å²) in [5.41, 5.74) is 2.79. The molecule has 2 aromatic carbocycles. The predicted molar refractivity (Wildman–Crippen MR) is 118 cm³/mol. The summed E-state index contributed by atoms with van der Waals surface area (Å²) in [6, 6.07) is 14.3. The van der Waals surface area contributed by atoms with Crippen molar-refractivity contribution in [2.45, 2.75) is 19.5 Å². The van der Waals surface area contributed by atoms with Gasteiger partial charge >= 0.3 is 12.0 Å². The Morgan fingerprint density at radius 3 is 2.59 bits per heavy atom. The van der Waals surface area contributed by atoms with Crippen molar-refractivity contribution in [2.24, 2.45) is 0 Å². The van der Waals surface area contributed by atoms with Gasteiger partial charge in [0.2, 0.25) is 0 Å². The molecule has 2 heterocycles. The molecule has 8 nitrogen and oxygen atoms in total. The smallest absolute Gasteiger partial charge is 0.338 e. The zero-order chi connectivity index (χ0) is 22.5.